The number of piperidine rings is 1. The Balaban J connectivity index is 1.88. The lowest BCUT2D eigenvalue weighted by Gasteiger charge is -2.51. The van der Waals surface area contributed by atoms with Gasteiger partial charge in [-0.2, -0.15) is 0 Å². The van der Waals surface area contributed by atoms with Gasteiger partial charge in [-0.25, -0.2) is 0 Å². The van der Waals surface area contributed by atoms with Crippen LogP contribution >= 0.6 is 0 Å². The van der Waals surface area contributed by atoms with Gasteiger partial charge in [0.1, 0.15) is 0 Å². The summed E-state index contributed by atoms with van der Waals surface area (Å²) in [7, 11) is 0. The number of aromatic nitrogens is 1. The van der Waals surface area contributed by atoms with E-state index in [9.17, 15) is 0 Å². The highest BCUT2D eigenvalue weighted by Gasteiger charge is 2.36. The molecule has 2 atom stereocenters. The van der Waals surface area contributed by atoms with E-state index in [1.165, 1.54) is 50.1 Å². The third-order valence-corrected chi connectivity index (χ3v) is 5.07. The molecule has 3 heterocycles. The molecule has 0 bridgehead atoms. The quantitative estimate of drug-likeness (QED) is 0.825. The molecule has 3 nitrogen and oxygen atoms in total. The van der Waals surface area contributed by atoms with Gasteiger partial charge in [0.15, 0.2) is 0 Å². The Bertz CT molecular complexity index is 457. The Kier molecular flexibility index (Phi) is 3.97. The molecule has 2 aliphatic rings. The Hall–Kier alpha value is -1.09. The van der Waals surface area contributed by atoms with E-state index in [1.54, 1.807) is 0 Å². The van der Waals surface area contributed by atoms with Gasteiger partial charge in [-0.15, -0.1) is 0 Å². The molecule has 2 fully saturated rings. The second-order valence-corrected chi connectivity index (χ2v) is 6.77. The minimum absolute atomic E-state index is 0.618. The maximum atomic E-state index is 4.36. The van der Waals surface area contributed by atoms with Crippen molar-refractivity contribution in [1.82, 2.24) is 9.88 Å². The smallest absolute Gasteiger partial charge is 0.0586 e. The zero-order chi connectivity index (χ0) is 14.1. The van der Waals surface area contributed by atoms with Gasteiger partial charge in [0, 0.05) is 31.4 Å². The van der Waals surface area contributed by atoms with Crippen molar-refractivity contribution in [2.45, 2.75) is 52.1 Å². The molecular formula is C17H27N3. The fourth-order valence-corrected chi connectivity index (χ4v) is 3.81. The van der Waals surface area contributed by atoms with Gasteiger partial charge in [0.25, 0.3) is 0 Å². The summed E-state index contributed by atoms with van der Waals surface area (Å²) in [5.41, 5.74) is 2.70. The van der Waals surface area contributed by atoms with Crippen molar-refractivity contribution < 1.29 is 0 Å². The van der Waals surface area contributed by atoms with Crippen LogP contribution in [0, 0.1) is 12.8 Å². The number of fused-ring (bicyclic) bond motifs is 1. The molecule has 3 rings (SSSR count). The maximum Gasteiger partial charge on any atom is 0.0586 e. The Morgan fingerprint density at radius 2 is 2.10 bits per heavy atom. The van der Waals surface area contributed by atoms with E-state index in [-0.39, 0.29) is 0 Å². The van der Waals surface area contributed by atoms with Crippen LogP contribution in [0.3, 0.4) is 0 Å². The van der Waals surface area contributed by atoms with Gasteiger partial charge in [0.2, 0.25) is 0 Å². The third kappa shape index (κ3) is 2.56. The summed E-state index contributed by atoms with van der Waals surface area (Å²) in [4.78, 5) is 9.73. The SMILES string of the molecule is Cc1ccncc1N1CC2CCCCN2CC1C(C)C. The summed E-state index contributed by atoms with van der Waals surface area (Å²) >= 11 is 0. The standard InChI is InChI=1S/C17H27N3/c1-13(2)17-12-19-9-5-4-6-15(19)11-20(17)16-10-18-8-7-14(16)3/h7-8,10,13,15,17H,4-6,9,11-12H2,1-3H3. The van der Waals surface area contributed by atoms with Crippen molar-refractivity contribution in [2.24, 2.45) is 5.92 Å². The Morgan fingerprint density at radius 1 is 1.25 bits per heavy atom. The predicted octanol–water partition coefficient (Wildman–Crippen LogP) is 3.09. The highest BCUT2D eigenvalue weighted by molar-refractivity contribution is 5.52. The molecule has 2 unspecified atom stereocenters. The van der Waals surface area contributed by atoms with Crippen molar-refractivity contribution in [3.05, 3.63) is 24.0 Å². The number of aryl methyl sites for hydroxylation is 1. The highest BCUT2D eigenvalue weighted by atomic mass is 15.3. The molecular weight excluding hydrogens is 246 g/mol. The monoisotopic (exact) mass is 273 g/mol. The molecule has 0 saturated carbocycles. The summed E-state index contributed by atoms with van der Waals surface area (Å²) < 4.78 is 0. The molecule has 0 amide bonds. The number of nitrogens with zero attached hydrogens (tertiary/aromatic N) is 3. The van der Waals surface area contributed by atoms with Gasteiger partial charge in [-0.05, 0) is 43.9 Å². The molecule has 2 saturated heterocycles. The first-order valence-corrected chi connectivity index (χ1v) is 8.08. The molecule has 20 heavy (non-hydrogen) atoms. The lowest BCUT2D eigenvalue weighted by Crippen LogP contribution is -2.61. The molecule has 0 radical (unpaired) electrons. The summed E-state index contributed by atoms with van der Waals surface area (Å²) in [6.07, 6.45) is 8.10. The second-order valence-electron chi connectivity index (χ2n) is 6.77. The zero-order valence-electron chi connectivity index (χ0n) is 13.0. The summed E-state index contributed by atoms with van der Waals surface area (Å²) in [5, 5.41) is 0. The number of hydrogen-bond acceptors (Lipinski definition) is 3. The number of pyridine rings is 1. The van der Waals surface area contributed by atoms with E-state index in [1.807, 2.05) is 6.20 Å². The average molecular weight is 273 g/mol. The molecule has 110 valence electrons. The van der Waals surface area contributed by atoms with E-state index in [2.05, 4.69) is 47.8 Å². The second kappa shape index (κ2) is 5.72. The van der Waals surface area contributed by atoms with Crippen LogP contribution in [0.25, 0.3) is 0 Å². The largest absolute Gasteiger partial charge is 0.364 e. The number of rotatable bonds is 2. The molecule has 0 aliphatic carbocycles. The zero-order valence-corrected chi connectivity index (χ0v) is 13.0. The lowest BCUT2D eigenvalue weighted by molar-refractivity contribution is 0.100. The molecule has 0 N–H and O–H groups in total. The van der Waals surface area contributed by atoms with Gasteiger partial charge in [0.05, 0.1) is 11.9 Å². The summed E-state index contributed by atoms with van der Waals surface area (Å²) in [6.45, 7) is 10.6. The molecule has 0 spiro atoms. The third-order valence-electron chi connectivity index (χ3n) is 5.07. The van der Waals surface area contributed by atoms with Crippen LogP contribution in [0.4, 0.5) is 5.69 Å². The van der Waals surface area contributed by atoms with E-state index >= 15 is 0 Å². The first-order valence-electron chi connectivity index (χ1n) is 8.08. The molecule has 2 aliphatic heterocycles. The fourth-order valence-electron chi connectivity index (χ4n) is 3.81. The van der Waals surface area contributed by atoms with Crippen LogP contribution in [-0.4, -0.2) is 41.6 Å². The van der Waals surface area contributed by atoms with Crippen molar-refractivity contribution in [1.29, 1.82) is 0 Å². The Morgan fingerprint density at radius 3 is 2.85 bits per heavy atom. The number of anilines is 1. The van der Waals surface area contributed by atoms with Gasteiger partial charge in [-0.3, -0.25) is 9.88 Å². The van der Waals surface area contributed by atoms with Crippen LogP contribution in [0.15, 0.2) is 18.5 Å². The van der Waals surface area contributed by atoms with Gasteiger partial charge in [-0.1, -0.05) is 20.3 Å². The van der Waals surface area contributed by atoms with Crippen LogP contribution in [-0.2, 0) is 0 Å². The first-order chi connectivity index (χ1) is 9.66. The van der Waals surface area contributed by atoms with Gasteiger partial charge < -0.3 is 4.90 Å². The maximum absolute atomic E-state index is 4.36. The number of hydrogen-bond donors (Lipinski definition) is 0. The van der Waals surface area contributed by atoms with Crippen LogP contribution in [0.1, 0.15) is 38.7 Å². The van der Waals surface area contributed by atoms with Gasteiger partial charge >= 0.3 is 0 Å². The number of piperazine rings is 1. The van der Waals surface area contributed by atoms with E-state index in [4.69, 9.17) is 0 Å². The first kappa shape index (κ1) is 13.9. The van der Waals surface area contributed by atoms with E-state index in [0.717, 1.165) is 6.04 Å². The molecule has 0 aromatic carbocycles. The molecule has 3 heteroatoms. The normalized spacial score (nSPS) is 27.7. The van der Waals surface area contributed by atoms with Crippen molar-refractivity contribution >= 4 is 5.69 Å². The lowest BCUT2D eigenvalue weighted by atomic mass is 9.91. The summed E-state index contributed by atoms with van der Waals surface area (Å²) in [5.74, 6) is 0.678. The molecule has 1 aromatic heterocycles. The van der Waals surface area contributed by atoms with E-state index < -0.39 is 0 Å². The minimum atomic E-state index is 0.618. The average Bonchev–Trinajstić information content (AvgIpc) is 2.46. The topological polar surface area (TPSA) is 19.4 Å². The van der Waals surface area contributed by atoms with Crippen LogP contribution < -0.4 is 4.90 Å². The van der Waals surface area contributed by atoms with E-state index in [0.29, 0.717) is 12.0 Å². The van der Waals surface area contributed by atoms with Crippen molar-refractivity contribution in [3.8, 4) is 0 Å². The Labute approximate surface area is 123 Å². The van der Waals surface area contributed by atoms with Crippen molar-refractivity contribution in [3.63, 3.8) is 0 Å². The minimum Gasteiger partial charge on any atom is -0.364 e. The highest BCUT2D eigenvalue weighted by Crippen LogP contribution is 2.31. The fraction of sp³-hybridized carbons (Fsp3) is 0.706. The van der Waals surface area contributed by atoms with Crippen LogP contribution in [0.5, 0.6) is 0 Å². The predicted molar refractivity (Wildman–Crippen MR) is 84.2 cm³/mol. The van der Waals surface area contributed by atoms with Crippen LogP contribution in [0.2, 0.25) is 0 Å². The van der Waals surface area contributed by atoms with Crippen molar-refractivity contribution in [2.75, 3.05) is 24.5 Å². The summed E-state index contributed by atoms with van der Waals surface area (Å²) in [6, 6.07) is 3.51. The molecule has 1 aromatic rings.